The summed E-state index contributed by atoms with van der Waals surface area (Å²) in [4.78, 5) is 18.5. The van der Waals surface area contributed by atoms with E-state index in [-0.39, 0.29) is 18.0 Å². The highest BCUT2D eigenvalue weighted by molar-refractivity contribution is 7.10. The minimum absolute atomic E-state index is 0.123. The minimum atomic E-state index is -0.123. The van der Waals surface area contributed by atoms with Crippen LogP contribution in [0.4, 0.5) is 0 Å². The summed E-state index contributed by atoms with van der Waals surface area (Å²) in [5.74, 6) is 0.223. The summed E-state index contributed by atoms with van der Waals surface area (Å²) < 4.78 is 0. The molecule has 4 rings (SSSR count). The molecule has 2 unspecified atom stereocenters. The molecule has 6 heteroatoms. The maximum atomic E-state index is 12.8. The Morgan fingerprint density at radius 2 is 1.89 bits per heavy atom. The van der Waals surface area contributed by atoms with Crippen molar-refractivity contribution in [2.75, 3.05) is 32.7 Å². The number of piperazine rings is 1. The topological polar surface area (TPSA) is 47.6 Å². The average Bonchev–Trinajstić information content (AvgIpc) is 3.41. The minimum Gasteiger partial charge on any atom is -0.339 e. The van der Waals surface area contributed by atoms with Crippen molar-refractivity contribution < 1.29 is 4.79 Å². The third-order valence-corrected chi connectivity index (χ3v) is 6.23. The molecule has 0 saturated carbocycles. The SMILES string of the molecule is O=C(C1CC(c2cccs2)NN1)N1CCN(C/C=C/c2ccccc2)CC1. The van der Waals surface area contributed by atoms with Crippen molar-refractivity contribution in [1.82, 2.24) is 20.7 Å². The Balaban J connectivity index is 1.22. The van der Waals surface area contributed by atoms with Crippen molar-refractivity contribution in [3.05, 3.63) is 64.4 Å². The largest absolute Gasteiger partial charge is 0.339 e. The molecule has 2 atom stereocenters. The van der Waals surface area contributed by atoms with E-state index in [1.54, 1.807) is 11.3 Å². The molecular formula is C21H26N4OS. The number of rotatable bonds is 5. The highest BCUT2D eigenvalue weighted by Crippen LogP contribution is 2.26. The van der Waals surface area contributed by atoms with E-state index in [0.29, 0.717) is 0 Å². The quantitative estimate of drug-likeness (QED) is 0.834. The van der Waals surface area contributed by atoms with Crippen LogP contribution in [0.15, 0.2) is 53.9 Å². The van der Waals surface area contributed by atoms with Gasteiger partial charge in [-0.05, 0) is 23.4 Å². The second-order valence-corrected chi connectivity index (χ2v) is 8.06. The molecule has 0 radical (unpaired) electrons. The number of benzene rings is 1. The van der Waals surface area contributed by atoms with Crippen LogP contribution >= 0.6 is 11.3 Å². The van der Waals surface area contributed by atoms with E-state index >= 15 is 0 Å². The van der Waals surface area contributed by atoms with E-state index in [9.17, 15) is 4.79 Å². The van der Waals surface area contributed by atoms with E-state index in [1.807, 2.05) is 11.0 Å². The predicted octanol–water partition coefficient (Wildman–Crippen LogP) is 2.51. The molecule has 2 aromatic rings. The maximum Gasteiger partial charge on any atom is 0.241 e. The third kappa shape index (κ3) is 4.65. The van der Waals surface area contributed by atoms with Crippen LogP contribution in [-0.2, 0) is 4.79 Å². The van der Waals surface area contributed by atoms with Crippen LogP contribution < -0.4 is 10.9 Å². The second kappa shape index (κ2) is 8.80. The van der Waals surface area contributed by atoms with Gasteiger partial charge in [-0.3, -0.25) is 9.69 Å². The molecule has 2 N–H and O–H groups in total. The zero-order valence-electron chi connectivity index (χ0n) is 15.4. The standard InChI is InChI=1S/C21H26N4OS/c26-21(19-16-18(22-23-19)20-9-5-15-27-20)25-13-11-24(12-14-25)10-4-8-17-6-2-1-3-7-17/h1-9,15,18-19,22-23H,10-14,16H2/b8-4+. The van der Waals surface area contributed by atoms with Crippen LogP contribution in [0.25, 0.3) is 6.08 Å². The van der Waals surface area contributed by atoms with Gasteiger partial charge in [0.1, 0.15) is 6.04 Å². The summed E-state index contributed by atoms with van der Waals surface area (Å²) in [5, 5.41) is 2.08. The lowest BCUT2D eigenvalue weighted by atomic mass is 10.1. The molecule has 3 heterocycles. The van der Waals surface area contributed by atoms with Gasteiger partial charge in [-0.2, -0.15) is 0 Å². The number of thiophene rings is 1. The first-order chi connectivity index (χ1) is 13.3. The number of amides is 1. The molecule has 5 nitrogen and oxygen atoms in total. The number of hydrogen-bond donors (Lipinski definition) is 2. The fourth-order valence-electron chi connectivity index (χ4n) is 3.67. The fourth-order valence-corrected chi connectivity index (χ4v) is 4.46. The lowest BCUT2D eigenvalue weighted by molar-refractivity contribution is -0.134. The van der Waals surface area contributed by atoms with Crippen molar-refractivity contribution in [1.29, 1.82) is 0 Å². The van der Waals surface area contributed by atoms with Crippen molar-refractivity contribution in [2.24, 2.45) is 0 Å². The van der Waals surface area contributed by atoms with Crippen LogP contribution in [0, 0.1) is 0 Å². The first kappa shape index (κ1) is 18.4. The lowest BCUT2D eigenvalue weighted by Gasteiger charge is -2.35. The zero-order chi connectivity index (χ0) is 18.5. The normalized spacial score (nSPS) is 23.9. The van der Waals surface area contributed by atoms with Gasteiger partial charge >= 0.3 is 0 Å². The Labute approximate surface area is 164 Å². The van der Waals surface area contributed by atoms with Crippen LogP contribution in [0.3, 0.4) is 0 Å². The lowest BCUT2D eigenvalue weighted by Crippen LogP contribution is -2.53. The maximum absolute atomic E-state index is 12.8. The first-order valence-corrected chi connectivity index (χ1v) is 10.4. The van der Waals surface area contributed by atoms with Crippen molar-refractivity contribution in [3.8, 4) is 0 Å². The number of carbonyl (C=O) groups is 1. The van der Waals surface area contributed by atoms with Crippen molar-refractivity contribution >= 4 is 23.3 Å². The summed E-state index contributed by atoms with van der Waals surface area (Å²) in [6, 6.07) is 14.7. The smallest absolute Gasteiger partial charge is 0.241 e. The molecule has 2 saturated heterocycles. The van der Waals surface area contributed by atoms with Gasteiger partial charge in [0.25, 0.3) is 0 Å². The molecule has 2 aliphatic rings. The number of nitrogens with one attached hydrogen (secondary N) is 2. The van der Waals surface area contributed by atoms with Crippen LogP contribution in [0.1, 0.15) is 22.9 Å². The van der Waals surface area contributed by atoms with Crippen LogP contribution in [0.5, 0.6) is 0 Å². The number of carbonyl (C=O) groups excluding carboxylic acids is 1. The van der Waals surface area contributed by atoms with Gasteiger partial charge in [0, 0.05) is 37.6 Å². The summed E-state index contributed by atoms with van der Waals surface area (Å²) in [6.07, 6.45) is 5.19. The molecule has 2 aliphatic heterocycles. The van der Waals surface area contributed by atoms with Gasteiger partial charge < -0.3 is 4.90 Å². The van der Waals surface area contributed by atoms with E-state index in [4.69, 9.17) is 0 Å². The number of hydrazine groups is 1. The highest BCUT2D eigenvalue weighted by Gasteiger charge is 2.34. The summed E-state index contributed by atoms with van der Waals surface area (Å²) in [6.45, 7) is 4.40. The molecule has 142 valence electrons. The monoisotopic (exact) mass is 382 g/mol. The van der Waals surface area contributed by atoms with Crippen molar-refractivity contribution in [3.63, 3.8) is 0 Å². The highest BCUT2D eigenvalue weighted by atomic mass is 32.1. The number of hydrogen-bond acceptors (Lipinski definition) is 5. The van der Waals surface area contributed by atoms with Crippen LogP contribution in [-0.4, -0.2) is 54.5 Å². The molecular weight excluding hydrogens is 356 g/mol. The Morgan fingerprint density at radius 3 is 2.63 bits per heavy atom. The fraction of sp³-hybridized carbons (Fsp3) is 0.381. The Hall–Kier alpha value is -1.99. The van der Waals surface area contributed by atoms with E-state index in [1.165, 1.54) is 10.4 Å². The van der Waals surface area contributed by atoms with Gasteiger partial charge in [0.15, 0.2) is 0 Å². The van der Waals surface area contributed by atoms with Gasteiger partial charge in [-0.15, -0.1) is 11.3 Å². The molecule has 1 amide bonds. The van der Waals surface area contributed by atoms with Crippen molar-refractivity contribution in [2.45, 2.75) is 18.5 Å². The summed E-state index contributed by atoms with van der Waals surface area (Å²) in [7, 11) is 0. The predicted molar refractivity (Wildman–Crippen MR) is 110 cm³/mol. The molecule has 1 aromatic carbocycles. The van der Waals surface area contributed by atoms with E-state index in [2.05, 4.69) is 69.7 Å². The molecule has 27 heavy (non-hydrogen) atoms. The zero-order valence-corrected chi connectivity index (χ0v) is 16.2. The van der Waals surface area contributed by atoms with Gasteiger partial charge in [-0.25, -0.2) is 10.9 Å². The average molecular weight is 383 g/mol. The van der Waals surface area contributed by atoms with Crippen LogP contribution in [0.2, 0.25) is 0 Å². The van der Waals surface area contributed by atoms with E-state index in [0.717, 1.165) is 39.1 Å². The third-order valence-electron chi connectivity index (χ3n) is 5.25. The number of nitrogens with zero attached hydrogens (tertiary/aromatic N) is 2. The first-order valence-electron chi connectivity index (χ1n) is 9.57. The van der Waals surface area contributed by atoms with Gasteiger partial charge in [0.05, 0.1) is 6.04 Å². The molecule has 2 fully saturated rings. The van der Waals surface area contributed by atoms with E-state index < -0.39 is 0 Å². The second-order valence-electron chi connectivity index (χ2n) is 7.08. The molecule has 0 aliphatic carbocycles. The van der Waals surface area contributed by atoms with Gasteiger partial charge in [-0.1, -0.05) is 48.6 Å². The Morgan fingerprint density at radius 1 is 1.07 bits per heavy atom. The molecule has 0 spiro atoms. The Kier molecular flexibility index (Phi) is 5.99. The summed E-state index contributed by atoms with van der Waals surface area (Å²) >= 11 is 1.74. The van der Waals surface area contributed by atoms with Gasteiger partial charge in [0.2, 0.25) is 5.91 Å². The summed E-state index contributed by atoms with van der Waals surface area (Å²) in [5.41, 5.74) is 7.70. The molecule has 1 aromatic heterocycles. The Bertz CT molecular complexity index is 754. The molecule has 0 bridgehead atoms.